The van der Waals surface area contributed by atoms with Crippen molar-refractivity contribution in [3.05, 3.63) is 29.8 Å². The van der Waals surface area contributed by atoms with Gasteiger partial charge in [-0.15, -0.1) is 0 Å². The smallest absolute Gasteiger partial charge is 0.119 e. The van der Waals surface area contributed by atoms with Crippen molar-refractivity contribution in [1.82, 2.24) is 0 Å². The first-order valence-corrected chi connectivity index (χ1v) is 5.57. The normalized spacial score (nSPS) is 14.5. The fourth-order valence-electron chi connectivity index (χ4n) is 1.66. The molecular weight excluding hydrogens is 202 g/mol. The van der Waals surface area contributed by atoms with Crippen LogP contribution in [0.25, 0.3) is 0 Å². The summed E-state index contributed by atoms with van der Waals surface area (Å²) in [5.74, 6) is 1.25. The lowest BCUT2D eigenvalue weighted by atomic mass is 9.93. The fourth-order valence-corrected chi connectivity index (χ4v) is 1.66. The van der Waals surface area contributed by atoms with Crippen molar-refractivity contribution in [1.29, 1.82) is 0 Å². The van der Waals surface area contributed by atoms with E-state index < -0.39 is 0 Å². The molecule has 1 rings (SSSR count). The number of benzene rings is 1. The van der Waals surface area contributed by atoms with Gasteiger partial charge < -0.3 is 15.2 Å². The Morgan fingerprint density at radius 3 is 2.69 bits per heavy atom. The topological polar surface area (TPSA) is 44.5 Å². The van der Waals surface area contributed by atoms with Crippen LogP contribution in [0.2, 0.25) is 0 Å². The quantitative estimate of drug-likeness (QED) is 0.805. The highest BCUT2D eigenvalue weighted by molar-refractivity contribution is 5.30. The Morgan fingerprint density at radius 1 is 1.31 bits per heavy atom. The standard InChI is InChI=1S/C13H21NO2/c1-10(7-8-15-2)13(14)11-5-4-6-12(9-11)16-3/h4-6,9-10,13H,7-8,14H2,1-3H3. The Kier molecular flexibility index (Phi) is 5.29. The number of rotatable bonds is 6. The first-order chi connectivity index (χ1) is 7.69. The van der Waals surface area contributed by atoms with Gasteiger partial charge in [-0.05, 0) is 30.0 Å². The third-order valence-corrected chi connectivity index (χ3v) is 2.87. The molecule has 16 heavy (non-hydrogen) atoms. The molecule has 0 saturated carbocycles. The first kappa shape index (κ1) is 13.0. The number of hydrogen-bond donors (Lipinski definition) is 1. The molecule has 90 valence electrons. The van der Waals surface area contributed by atoms with Gasteiger partial charge in [0.15, 0.2) is 0 Å². The molecule has 0 aliphatic carbocycles. The molecule has 3 nitrogen and oxygen atoms in total. The van der Waals surface area contributed by atoms with Gasteiger partial charge in [0, 0.05) is 19.8 Å². The van der Waals surface area contributed by atoms with Gasteiger partial charge in [0.2, 0.25) is 0 Å². The van der Waals surface area contributed by atoms with Gasteiger partial charge in [-0.25, -0.2) is 0 Å². The fraction of sp³-hybridized carbons (Fsp3) is 0.538. The molecule has 0 spiro atoms. The first-order valence-electron chi connectivity index (χ1n) is 5.57. The summed E-state index contributed by atoms with van der Waals surface area (Å²) in [5.41, 5.74) is 7.31. The van der Waals surface area contributed by atoms with Crippen LogP contribution < -0.4 is 10.5 Å². The number of methoxy groups -OCH3 is 2. The second-order valence-corrected chi connectivity index (χ2v) is 4.06. The summed E-state index contributed by atoms with van der Waals surface area (Å²) < 4.78 is 10.2. The van der Waals surface area contributed by atoms with Gasteiger partial charge in [0.1, 0.15) is 5.75 Å². The molecule has 0 amide bonds. The predicted octanol–water partition coefficient (Wildman–Crippen LogP) is 2.37. The van der Waals surface area contributed by atoms with Crippen molar-refractivity contribution >= 4 is 0 Å². The molecule has 0 aliphatic heterocycles. The van der Waals surface area contributed by atoms with Crippen LogP contribution in [0.4, 0.5) is 0 Å². The van der Waals surface area contributed by atoms with Gasteiger partial charge >= 0.3 is 0 Å². The summed E-state index contributed by atoms with van der Waals surface area (Å²) in [6.45, 7) is 2.89. The monoisotopic (exact) mass is 223 g/mol. The predicted molar refractivity (Wildman–Crippen MR) is 65.6 cm³/mol. The molecular formula is C13H21NO2. The van der Waals surface area contributed by atoms with Crippen LogP contribution in [0.5, 0.6) is 5.75 Å². The highest BCUT2D eigenvalue weighted by atomic mass is 16.5. The molecule has 3 heteroatoms. The molecule has 2 N–H and O–H groups in total. The Bertz CT molecular complexity index is 315. The molecule has 0 aromatic heterocycles. The van der Waals surface area contributed by atoms with Crippen LogP contribution in [0.3, 0.4) is 0 Å². The maximum atomic E-state index is 6.19. The molecule has 2 atom stereocenters. The largest absolute Gasteiger partial charge is 0.497 e. The van der Waals surface area contributed by atoms with E-state index in [9.17, 15) is 0 Å². The van der Waals surface area contributed by atoms with Crippen molar-refractivity contribution in [3.63, 3.8) is 0 Å². The molecule has 0 saturated heterocycles. The maximum absolute atomic E-state index is 6.19. The highest BCUT2D eigenvalue weighted by Crippen LogP contribution is 2.24. The summed E-state index contributed by atoms with van der Waals surface area (Å²) in [7, 11) is 3.38. The zero-order valence-electron chi connectivity index (χ0n) is 10.3. The van der Waals surface area contributed by atoms with E-state index in [-0.39, 0.29) is 6.04 Å². The summed E-state index contributed by atoms with van der Waals surface area (Å²) in [4.78, 5) is 0. The highest BCUT2D eigenvalue weighted by Gasteiger charge is 2.14. The lowest BCUT2D eigenvalue weighted by molar-refractivity contribution is 0.174. The molecule has 0 heterocycles. The Labute approximate surface area is 97.6 Å². The maximum Gasteiger partial charge on any atom is 0.119 e. The number of hydrogen-bond acceptors (Lipinski definition) is 3. The van der Waals surface area contributed by atoms with Gasteiger partial charge in [-0.2, -0.15) is 0 Å². The van der Waals surface area contributed by atoms with E-state index in [4.69, 9.17) is 15.2 Å². The van der Waals surface area contributed by atoms with Crippen molar-refractivity contribution in [3.8, 4) is 5.75 Å². The minimum absolute atomic E-state index is 0.0326. The molecule has 2 unspecified atom stereocenters. The van der Waals surface area contributed by atoms with Crippen LogP contribution in [-0.4, -0.2) is 20.8 Å². The Balaban J connectivity index is 2.67. The van der Waals surface area contributed by atoms with E-state index in [1.54, 1.807) is 14.2 Å². The summed E-state index contributed by atoms with van der Waals surface area (Å²) >= 11 is 0. The van der Waals surface area contributed by atoms with Crippen molar-refractivity contribution in [2.45, 2.75) is 19.4 Å². The molecule has 0 fully saturated rings. The average molecular weight is 223 g/mol. The zero-order chi connectivity index (χ0) is 12.0. The third-order valence-electron chi connectivity index (χ3n) is 2.87. The Hall–Kier alpha value is -1.06. The molecule has 1 aromatic rings. The third kappa shape index (κ3) is 3.51. The SMILES string of the molecule is COCCC(C)C(N)c1cccc(OC)c1. The second kappa shape index (κ2) is 6.51. The summed E-state index contributed by atoms with van der Waals surface area (Å²) in [5, 5.41) is 0. The summed E-state index contributed by atoms with van der Waals surface area (Å²) in [6, 6.07) is 7.96. The van der Waals surface area contributed by atoms with E-state index in [0.717, 1.165) is 24.3 Å². The minimum atomic E-state index is 0.0326. The van der Waals surface area contributed by atoms with Crippen molar-refractivity contribution in [2.75, 3.05) is 20.8 Å². The van der Waals surface area contributed by atoms with Gasteiger partial charge in [0.25, 0.3) is 0 Å². The number of ether oxygens (including phenoxy) is 2. The van der Waals surface area contributed by atoms with Crippen LogP contribution >= 0.6 is 0 Å². The van der Waals surface area contributed by atoms with Crippen LogP contribution in [0.15, 0.2) is 24.3 Å². The van der Waals surface area contributed by atoms with Crippen LogP contribution in [-0.2, 0) is 4.74 Å². The lowest BCUT2D eigenvalue weighted by Crippen LogP contribution is -2.20. The zero-order valence-corrected chi connectivity index (χ0v) is 10.3. The lowest BCUT2D eigenvalue weighted by Gasteiger charge is -2.20. The van der Waals surface area contributed by atoms with E-state index in [0.29, 0.717) is 5.92 Å². The molecule has 1 aromatic carbocycles. The minimum Gasteiger partial charge on any atom is -0.497 e. The Morgan fingerprint density at radius 2 is 2.06 bits per heavy atom. The second-order valence-electron chi connectivity index (χ2n) is 4.06. The van der Waals surface area contributed by atoms with E-state index in [2.05, 4.69) is 6.92 Å². The van der Waals surface area contributed by atoms with Gasteiger partial charge in [0.05, 0.1) is 7.11 Å². The van der Waals surface area contributed by atoms with Gasteiger partial charge in [-0.3, -0.25) is 0 Å². The molecule has 0 aliphatic rings. The molecule has 0 radical (unpaired) electrons. The van der Waals surface area contributed by atoms with E-state index in [1.807, 2.05) is 24.3 Å². The van der Waals surface area contributed by atoms with Gasteiger partial charge in [-0.1, -0.05) is 19.1 Å². The van der Waals surface area contributed by atoms with Crippen molar-refractivity contribution < 1.29 is 9.47 Å². The van der Waals surface area contributed by atoms with Crippen molar-refractivity contribution in [2.24, 2.45) is 11.7 Å². The van der Waals surface area contributed by atoms with E-state index in [1.165, 1.54) is 0 Å². The van der Waals surface area contributed by atoms with Crippen LogP contribution in [0, 0.1) is 5.92 Å². The van der Waals surface area contributed by atoms with E-state index >= 15 is 0 Å². The molecule has 0 bridgehead atoms. The summed E-state index contributed by atoms with van der Waals surface area (Å²) in [6.07, 6.45) is 0.967. The van der Waals surface area contributed by atoms with Crippen LogP contribution in [0.1, 0.15) is 24.9 Å². The number of nitrogens with two attached hydrogens (primary N) is 1. The average Bonchev–Trinajstić information content (AvgIpc) is 2.35.